The van der Waals surface area contributed by atoms with Crippen molar-refractivity contribution < 1.29 is 14.3 Å². The van der Waals surface area contributed by atoms with Crippen LogP contribution in [-0.4, -0.2) is 48.6 Å². The summed E-state index contributed by atoms with van der Waals surface area (Å²) in [5.41, 5.74) is -0.486. The lowest BCUT2D eigenvalue weighted by Gasteiger charge is -2.20. The second-order valence-electron chi connectivity index (χ2n) is 6.17. The van der Waals surface area contributed by atoms with Gasteiger partial charge < -0.3 is 15.0 Å². The summed E-state index contributed by atoms with van der Waals surface area (Å²) in [5.74, 6) is -0.396. The van der Waals surface area contributed by atoms with Crippen molar-refractivity contribution in [1.82, 2.24) is 10.2 Å². The minimum atomic E-state index is -0.486. The molecule has 19 heavy (non-hydrogen) atoms. The molecule has 0 aromatic carbocycles. The van der Waals surface area contributed by atoms with Crippen LogP contribution in [0.25, 0.3) is 0 Å². The van der Waals surface area contributed by atoms with Gasteiger partial charge in [-0.3, -0.25) is 9.59 Å². The third kappa shape index (κ3) is 6.57. The van der Waals surface area contributed by atoms with E-state index in [1.165, 1.54) is 6.42 Å². The Balaban J connectivity index is 2.16. The zero-order valence-electron chi connectivity index (χ0n) is 12.5. The summed E-state index contributed by atoms with van der Waals surface area (Å²) in [5, 5.41) is 2.88. The highest BCUT2D eigenvalue weighted by Gasteiger charge is 2.21. The summed E-state index contributed by atoms with van der Waals surface area (Å²) in [6.45, 7) is 7.23. The molecule has 0 bridgehead atoms. The molecular formula is C14H26N2O3. The first-order valence-electron chi connectivity index (χ1n) is 6.97. The van der Waals surface area contributed by atoms with Gasteiger partial charge in [0.05, 0.1) is 6.42 Å². The van der Waals surface area contributed by atoms with E-state index in [0.717, 1.165) is 13.0 Å². The lowest BCUT2D eigenvalue weighted by Crippen LogP contribution is -2.38. The number of carbonyl (C=O) groups excluding carboxylic acids is 2. The number of nitrogens with one attached hydrogen (secondary N) is 1. The average molecular weight is 270 g/mol. The summed E-state index contributed by atoms with van der Waals surface area (Å²) >= 11 is 0. The molecule has 1 rings (SSSR count). The molecule has 1 aliphatic heterocycles. The Morgan fingerprint density at radius 2 is 2.00 bits per heavy atom. The van der Waals surface area contributed by atoms with Crippen molar-refractivity contribution in [2.45, 2.75) is 58.1 Å². The van der Waals surface area contributed by atoms with Crippen molar-refractivity contribution >= 4 is 11.9 Å². The molecule has 0 saturated carbocycles. The van der Waals surface area contributed by atoms with E-state index in [2.05, 4.69) is 17.3 Å². The van der Waals surface area contributed by atoms with E-state index in [0.29, 0.717) is 12.6 Å². The molecule has 5 nitrogen and oxygen atoms in total. The second-order valence-corrected chi connectivity index (χ2v) is 6.17. The Kier molecular flexibility index (Phi) is 5.79. The molecule has 0 aromatic heterocycles. The molecule has 1 atom stereocenters. The maximum Gasteiger partial charge on any atom is 0.306 e. The van der Waals surface area contributed by atoms with Crippen LogP contribution in [0.5, 0.6) is 0 Å². The van der Waals surface area contributed by atoms with Crippen molar-refractivity contribution in [3.8, 4) is 0 Å². The normalized spacial score (nSPS) is 20.3. The first-order valence-corrected chi connectivity index (χ1v) is 6.97. The average Bonchev–Trinajstić information content (AvgIpc) is 2.67. The Hall–Kier alpha value is -1.10. The van der Waals surface area contributed by atoms with Crippen LogP contribution in [0, 0.1) is 0 Å². The lowest BCUT2D eigenvalue weighted by molar-refractivity contribution is -0.155. The minimum absolute atomic E-state index is 0.0776. The van der Waals surface area contributed by atoms with Gasteiger partial charge in [0.1, 0.15) is 5.60 Å². The molecule has 1 N–H and O–H groups in total. The zero-order chi connectivity index (χ0) is 14.5. The van der Waals surface area contributed by atoms with Gasteiger partial charge in [-0.1, -0.05) is 0 Å². The standard InChI is InChI=1S/C14H26N2O3/c1-14(2,3)19-13(18)8-7-12(17)15-10-11-6-5-9-16(11)4/h11H,5-10H2,1-4H3,(H,15,17). The van der Waals surface area contributed by atoms with Gasteiger partial charge in [-0.2, -0.15) is 0 Å². The first-order chi connectivity index (χ1) is 8.78. The van der Waals surface area contributed by atoms with E-state index >= 15 is 0 Å². The van der Waals surface area contributed by atoms with Gasteiger partial charge in [-0.25, -0.2) is 0 Å². The molecule has 5 heteroatoms. The van der Waals surface area contributed by atoms with Crippen LogP contribution in [0.3, 0.4) is 0 Å². The highest BCUT2D eigenvalue weighted by atomic mass is 16.6. The molecule has 1 aliphatic rings. The largest absolute Gasteiger partial charge is 0.460 e. The molecule has 1 fully saturated rings. The summed E-state index contributed by atoms with van der Waals surface area (Å²) in [6.07, 6.45) is 2.66. The molecule has 1 heterocycles. The Morgan fingerprint density at radius 1 is 1.32 bits per heavy atom. The molecule has 0 radical (unpaired) electrons. The highest BCUT2D eigenvalue weighted by molar-refractivity contribution is 5.81. The fraction of sp³-hybridized carbons (Fsp3) is 0.857. The number of nitrogens with zero attached hydrogens (tertiary/aromatic N) is 1. The van der Waals surface area contributed by atoms with Gasteiger partial charge in [-0.05, 0) is 47.2 Å². The van der Waals surface area contributed by atoms with Gasteiger partial charge in [0.25, 0.3) is 0 Å². The lowest BCUT2D eigenvalue weighted by atomic mass is 10.2. The summed E-state index contributed by atoms with van der Waals surface area (Å²) in [6, 6.07) is 0.436. The smallest absolute Gasteiger partial charge is 0.306 e. The van der Waals surface area contributed by atoms with Crippen LogP contribution in [0.4, 0.5) is 0 Å². The molecule has 110 valence electrons. The number of amides is 1. The van der Waals surface area contributed by atoms with Crippen LogP contribution in [0.15, 0.2) is 0 Å². The summed E-state index contributed by atoms with van der Waals surface area (Å²) < 4.78 is 5.16. The number of esters is 1. The first kappa shape index (κ1) is 16.0. The molecule has 0 spiro atoms. The summed E-state index contributed by atoms with van der Waals surface area (Å²) in [4.78, 5) is 25.4. The fourth-order valence-electron chi connectivity index (χ4n) is 2.17. The SMILES string of the molecule is CN1CCCC1CNC(=O)CCC(=O)OC(C)(C)C. The van der Waals surface area contributed by atoms with Crippen molar-refractivity contribution in [1.29, 1.82) is 0 Å². The number of hydrogen-bond acceptors (Lipinski definition) is 4. The van der Waals surface area contributed by atoms with Gasteiger partial charge in [0.15, 0.2) is 0 Å². The number of rotatable bonds is 5. The van der Waals surface area contributed by atoms with E-state index in [1.807, 2.05) is 20.8 Å². The third-order valence-electron chi connectivity index (χ3n) is 3.18. The van der Waals surface area contributed by atoms with Gasteiger partial charge in [0.2, 0.25) is 5.91 Å². The van der Waals surface area contributed by atoms with Crippen LogP contribution in [-0.2, 0) is 14.3 Å². The number of ether oxygens (including phenoxy) is 1. The monoisotopic (exact) mass is 270 g/mol. The topological polar surface area (TPSA) is 58.6 Å². The van der Waals surface area contributed by atoms with Crippen molar-refractivity contribution in [3.63, 3.8) is 0 Å². The van der Waals surface area contributed by atoms with E-state index in [4.69, 9.17) is 4.74 Å². The van der Waals surface area contributed by atoms with Crippen molar-refractivity contribution in [2.75, 3.05) is 20.1 Å². The molecular weight excluding hydrogens is 244 g/mol. The predicted molar refractivity (Wildman–Crippen MR) is 73.7 cm³/mol. The summed E-state index contributed by atoms with van der Waals surface area (Å²) in [7, 11) is 2.07. The zero-order valence-corrected chi connectivity index (χ0v) is 12.5. The van der Waals surface area contributed by atoms with Gasteiger partial charge in [-0.15, -0.1) is 0 Å². The minimum Gasteiger partial charge on any atom is -0.460 e. The Bertz CT molecular complexity index is 323. The van der Waals surface area contributed by atoms with Crippen molar-refractivity contribution in [2.24, 2.45) is 0 Å². The van der Waals surface area contributed by atoms with Gasteiger partial charge >= 0.3 is 5.97 Å². The van der Waals surface area contributed by atoms with Gasteiger partial charge in [0, 0.05) is 19.0 Å². The quantitative estimate of drug-likeness (QED) is 0.765. The number of carbonyl (C=O) groups is 2. The highest BCUT2D eigenvalue weighted by Crippen LogP contribution is 2.13. The van der Waals surface area contributed by atoms with Crippen LogP contribution >= 0.6 is 0 Å². The van der Waals surface area contributed by atoms with Crippen LogP contribution in [0.1, 0.15) is 46.5 Å². The maximum absolute atomic E-state index is 11.6. The van der Waals surface area contributed by atoms with Crippen molar-refractivity contribution in [3.05, 3.63) is 0 Å². The molecule has 1 unspecified atom stereocenters. The van der Waals surface area contributed by atoms with E-state index < -0.39 is 5.60 Å². The second kappa shape index (κ2) is 6.89. The third-order valence-corrected chi connectivity index (χ3v) is 3.18. The number of hydrogen-bond donors (Lipinski definition) is 1. The molecule has 0 aromatic rings. The maximum atomic E-state index is 11.6. The van der Waals surface area contributed by atoms with Crippen LogP contribution < -0.4 is 5.32 Å². The molecule has 1 saturated heterocycles. The van der Waals surface area contributed by atoms with E-state index in [9.17, 15) is 9.59 Å². The predicted octanol–water partition coefficient (Wildman–Crippen LogP) is 1.32. The molecule has 1 amide bonds. The fourth-order valence-corrected chi connectivity index (χ4v) is 2.17. The number of likely N-dealkylation sites (tertiary alicyclic amines) is 1. The molecule has 0 aliphatic carbocycles. The number of likely N-dealkylation sites (N-methyl/N-ethyl adjacent to an activating group) is 1. The van der Waals surface area contributed by atoms with Crippen LogP contribution in [0.2, 0.25) is 0 Å². The van der Waals surface area contributed by atoms with E-state index in [-0.39, 0.29) is 24.7 Å². The van der Waals surface area contributed by atoms with E-state index in [1.54, 1.807) is 0 Å². The Labute approximate surface area is 115 Å². The Morgan fingerprint density at radius 3 is 2.53 bits per heavy atom.